The highest BCUT2D eigenvalue weighted by molar-refractivity contribution is 7.10. The summed E-state index contributed by atoms with van der Waals surface area (Å²) >= 11 is 1.73. The van der Waals surface area contributed by atoms with Crippen LogP contribution in [0.5, 0.6) is 0 Å². The summed E-state index contributed by atoms with van der Waals surface area (Å²) in [6, 6.07) is 14.8. The van der Waals surface area contributed by atoms with Crippen LogP contribution in [0.1, 0.15) is 16.5 Å². The van der Waals surface area contributed by atoms with Crippen LogP contribution in [0.3, 0.4) is 0 Å². The van der Waals surface area contributed by atoms with Gasteiger partial charge in [0.05, 0.1) is 19.8 Å². The second kappa shape index (κ2) is 8.24. The molecule has 5 heteroatoms. The van der Waals surface area contributed by atoms with Crippen molar-refractivity contribution in [2.45, 2.75) is 12.5 Å². The number of hydrogen-bond donors (Lipinski definition) is 1. The standard InChI is InChI=1S/C18H22N2O2S/c21-18(20-8-10-22-11-9-20)14-19-16(17-7-4-12-23-17)13-15-5-2-1-3-6-15/h1-7,12,16,19H,8-11,13-14H2/t16-/m0/s1. The maximum absolute atomic E-state index is 12.3. The van der Waals surface area contributed by atoms with Crippen LogP contribution in [0.4, 0.5) is 0 Å². The molecule has 122 valence electrons. The van der Waals surface area contributed by atoms with E-state index >= 15 is 0 Å². The third kappa shape index (κ3) is 4.64. The lowest BCUT2D eigenvalue weighted by molar-refractivity contribution is -0.134. The van der Waals surface area contributed by atoms with Crippen molar-refractivity contribution >= 4 is 17.2 Å². The van der Waals surface area contributed by atoms with Gasteiger partial charge in [0.2, 0.25) is 5.91 Å². The molecule has 0 unspecified atom stereocenters. The summed E-state index contributed by atoms with van der Waals surface area (Å²) in [4.78, 5) is 15.5. The predicted molar refractivity (Wildman–Crippen MR) is 92.6 cm³/mol. The molecule has 23 heavy (non-hydrogen) atoms. The number of nitrogens with one attached hydrogen (secondary N) is 1. The van der Waals surface area contributed by atoms with Crippen LogP contribution < -0.4 is 5.32 Å². The molecule has 2 heterocycles. The van der Waals surface area contributed by atoms with E-state index in [0.29, 0.717) is 32.8 Å². The number of thiophene rings is 1. The van der Waals surface area contributed by atoms with Crippen molar-refractivity contribution in [1.29, 1.82) is 0 Å². The Labute approximate surface area is 141 Å². The zero-order chi connectivity index (χ0) is 15.9. The lowest BCUT2D eigenvalue weighted by Crippen LogP contribution is -2.45. The third-order valence-corrected chi connectivity index (χ3v) is 5.02. The molecule has 1 atom stereocenters. The van der Waals surface area contributed by atoms with E-state index in [1.54, 1.807) is 11.3 Å². The quantitative estimate of drug-likeness (QED) is 0.885. The summed E-state index contributed by atoms with van der Waals surface area (Å²) in [7, 11) is 0. The Morgan fingerprint density at radius 3 is 2.65 bits per heavy atom. The largest absolute Gasteiger partial charge is 0.378 e. The van der Waals surface area contributed by atoms with Gasteiger partial charge in [-0.1, -0.05) is 36.4 Å². The summed E-state index contributed by atoms with van der Waals surface area (Å²) in [6.45, 7) is 3.05. The first-order valence-electron chi connectivity index (χ1n) is 7.99. The van der Waals surface area contributed by atoms with Gasteiger partial charge >= 0.3 is 0 Å². The molecule has 0 saturated carbocycles. The van der Waals surface area contributed by atoms with Crippen LogP contribution in [0.15, 0.2) is 47.8 Å². The van der Waals surface area contributed by atoms with Gasteiger partial charge in [-0.3, -0.25) is 4.79 Å². The van der Waals surface area contributed by atoms with Gasteiger partial charge in [-0.2, -0.15) is 0 Å². The van der Waals surface area contributed by atoms with Crippen molar-refractivity contribution in [2.24, 2.45) is 0 Å². The van der Waals surface area contributed by atoms with Gasteiger partial charge in [0.15, 0.2) is 0 Å². The molecule has 1 aromatic heterocycles. The molecule has 1 aliphatic heterocycles. The molecule has 1 amide bonds. The second-order valence-electron chi connectivity index (χ2n) is 5.63. The second-order valence-corrected chi connectivity index (χ2v) is 6.61. The Bertz CT molecular complexity index is 595. The van der Waals surface area contributed by atoms with Crippen LogP contribution in [0.25, 0.3) is 0 Å². The maximum atomic E-state index is 12.3. The molecule has 1 N–H and O–H groups in total. The minimum atomic E-state index is 0.155. The van der Waals surface area contributed by atoms with Crippen molar-refractivity contribution in [3.05, 3.63) is 58.3 Å². The first-order chi connectivity index (χ1) is 11.3. The fourth-order valence-corrected chi connectivity index (χ4v) is 3.55. The minimum Gasteiger partial charge on any atom is -0.378 e. The fraction of sp³-hybridized carbons (Fsp3) is 0.389. The number of nitrogens with zero attached hydrogens (tertiary/aromatic N) is 1. The minimum absolute atomic E-state index is 0.155. The van der Waals surface area contributed by atoms with Crippen LogP contribution in [0, 0.1) is 0 Å². The van der Waals surface area contributed by atoms with Gasteiger partial charge in [0.25, 0.3) is 0 Å². The number of hydrogen-bond acceptors (Lipinski definition) is 4. The first-order valence-corrected chi connectivity index (χ1v) is 8.87. The van der Waals surface area contributed by atoms with E-state index in [-0.39, 0.29) is 11.9 Å². The lowest BCUT2D eigenvalue weighted by Gasteiger charge is -2.28. The zero-order valence-corrected chi connectivity index (χ0v) is 13.9. The van der Waals surface area contributed by atoms with E-state index in [1.165, 1.54) is 10.4 Å². The Morgan fingerprint density at radius 2 is 1.96 bits per heavy atom. The van der Waals surface area contributed by atoms with Gasteiger partial charge in [0, 0.05) is 24.0 Å². The van der Waals surface area contributed by atoms with E-state index in [4.69, 9.17) is 4.74 Å². The van der Waals surface area contributed by atoms with Crippen LogP contribution in [-0.4, -0.2) is 43.7 Å². The van der Waals surface area contributed by atoms with E-state index < -0.39 is 0 Å². The number of rotatable bonds is 6. The first kappa shape index (κ1) is 16.2. The number of morpholine rings is 1. The van der Waals surface area contributed by atoms with Crippen LogP contribution in [0.2, 0.25) is 0 Å². The molecule has 0 bridgehead atoms. The SMILES string of the molecule is O=C(CN[C@@H](Cc1ccccc1)c1cccs1)N1CCOCC1. The van der Waals surface area contributed by atoms with Gasteiger partial charge in [-0.05, 0) is 23.4 Å². The summed E-state index contributed by atoms with van der Waals surface area (Å²) in [5, 5.41) is 5.53. The lowest BCUT2D eigenvalue weighted by atomic mass is 10.0. The summed E-state index contributed by atoms with van der Waals surface area (Å²) in [5.74, 6) is 0.155. The summed E-state index contributed by atoms with van der Waals surface area (Å²) in [6.07, 6.45) is 0.887. The molecule has 1 saturated heterocycles. The molecule has 1 aliphatic rings. The molecule has 0 aliphatic carbocycles. The third-order valence-electron chi connectivity index (χ3n) is 4.03. The van der Waals surface area contributed by atoms with Crippen molar-refractivity contribution in [2.75, 3.05) is 32.8 Å². The Kier molecular flexibility index (Phi) is 5.80. The van der Waals surface area contributed by atoms with Gasteiger partial charge in [0.1, 0.15) is 0 Å². The molecule has 2 aromatic rings. The van der Waals surface area contributed by atoms with E-state index in [2.05, 4.69) is 47.1 Å². The number of benzene rings is 1. The Morgan fingerprint density at radius 1 is 1.17 bits per heavy atom. The van der Waals surface area contributed by atoms with Gasteiger partial charge in [-0.25, -0.2) is 0 Å². The van der Waals surface area contributed by atoms with Crippen molar-refractivity contribution < 1.29 is 9.53 Å². The highest BCUT2D eigenvalue weighted by Crippen LogP contribution is 2.22. The van der Waals surface area contributed by atoms with E-state index in [0.717, 1.165) is 6.42 Å². The smallest absolute Gasteiger partial charge is 0.236 e. The normalized spacial score (nSPS) is 16.3. The number of carbonyl (C=O) groups excluding carboxylic acids is 1. The van der Waals surface area contributed by atoms with Crippen molar-refractivity contribution in [1.82, 2.24) is 10.2 Å². The highest BCUT2D eigenvalue weighted by atomic mass is 32.1. The maximum Gasteiger partial charge on any atom is 0.236 e. The number of amides is 1. The van der Waals surface area contributed by atoms with Crippen LogP contribution in [-0.2, 0) is 16.0 Å². The molecule has 1 fully saturated rings. The zero-order valence-electron chi connectivity index (χ0n) is 13.1. The average Bonchev–Trinajstić information content (AvgIpc) is 3.14. The molecule has 4 nitrogen and oxygen atoms in total. The molecule has 1 aromatic carbocycles. The van der Waals surface area contributed by atoms with E-state index in [1.807, 2.05) is 11.0 Å². The Hall–Kier alpha value is -1.69. The predicted octanol–water partition coefficient (Wildman–Crippen LogP) is 2.48. The highest BCUT2D eigenvalue weighted by Gasteiger charge is 2.19. The monoisotopic (exact) mass is 330 g/mol. The van der Waals surface area contributed by atoms with Crippen LogP contribution >= 0.6 is 11.3 Å². The number of carbonyl (C=O) groups is 1. The molecule has 3 rings (SSSR count). The molecule has 0 spiro atoms. The van der Waals surface area contributed by atoms with Crippen molar-refractivity contribution in [3.63, 3.8) is 0 Å². The molecular formula is C18H22N2O2S. The van der Waals surface area contributed by atoms with Crippen molar-refractivity contribution in [3.8, 4) is 0 Å². The Balaban J connectivity index is 1.61. The summed E-state index contributed by atoms with van der Waals surface area (Å²) in [5.41, 5.74) is 1.28. The van der Waals surface area contributed by atoms with E-state index in [9.17, 15) is 4.79 Å². The molecular weight excluding hydrogens is 308 g/mol. The van der Waals surface area contributed by atoms with Gasteiger partial charge in [-0.15, -0.1) is 11.3 Å². The summed E-state index contributed by atoms with van der Waals surface area (Å²) < 4.78 is 5.30. The fourth-order valence-electron chi connectivity index (χ4n) is 2.75. The topological polar surface area (TPSA) is 41.6 Å². The average molecular weight is 330 g/mol. The number of ether oxygens (including phenoxy) is 1. The van der Waals surface area contributed by atoms with Gasteiger partial charge < -0.3 is 15.0 Å². The molecule has 0 radical (unpaired) electrons.